The quantitative estimate of drug-likeness (QED) is 0.529. The minimum Gasteiger partial charge on any atom is -0.301 e. The van der Waals surface area contributed by atoms with E-state index in [4.69, 9.17) is 23.2 Å². The average Bonchev–Trinajstić information content (AvgIpc) is 2.69. The SMILES string of the molecule is CC.O=C(c1ccccc1)N(Cc1ccccc1)c1c(Cl)cncc1Cl. The lowest BCUT2D eigenvalue weighted by Crippen LogP contribution is -2.31. The molecular weight excluding hydrogens is 367 g/mol. The zero-order valence-corrected chi connectivity index (χ0v) is 16.2. The molecule has 0 fully saturated rings. The van der Waals surface area contributed by atoms with Crippen molar-refractivity contribution in [2.24, 2.45) is 0 Å². The van der Waals surface area contributed by atoms with Crippen molar-refractivity contribution in [3.05, 3.63) is 94.2 Å². The van der Waals surface area contributed by atoms with Crippen LogP contribution in [-0.4, -0.2) is 10.9 Å². The van der Waals surface area contributed by atoms with Crippen LogP contribution in [0.5, 0.6) is 0 Å². The van der Waals surface area contributed by atoms with Crippen molar-refractivity contribution in [2.75, 3.05) is 4.90 Å². The van der Waals surface area contributed by atoms with E-state index in [9.17, 15) is 4.79 Å². The van der Waals surface area contributed by atoms with Crippen LogP contribution in [0.1, 0.15) is 29.8 Å². The van der Waals surface area contributed by atoms with Gasteiger partial charge < -0.3 is 4.90 Å². The lowest BCUT2D eigenvalue weighted by atomic mass is 10.1. The van der Waals surface area contributed by atoms with Crippen molar-refractivity contribution in [1.82, 2.24) is 4.98 Å². The van der Waals surface area contributed by atoms with Crippen LogP contribution < -0.4 is 4.90 Å². The number of carbonyl (C=O) groups is 1. The van der Waals surface area contributed by atoms with Gasteiger partial charge in [-0.25, -0.2) is 0 Å². The average molecular weight is 387 g/mol. The van der Waals surface area contributed by atoms with Crippen molar-refractivity contribution in [2.45, 2.75) is 20.4 Å². The summed E-state index contributed by atoms with van der Waals surface area (Å²) in [5.41, 5.74) is 2.01. The maximum absolute atomic E-state index is 13.0. The molecule has 0 saturated carbocycles. The topological polar surface area (TPSA) is 33.2 Å². The highest BCUT2D eigenvalue weighted by Gasteiger charge is 2.23. The van der Waals surface area contributed by atoms with Crippen LogP contribution in [0.4, 0.5) is 5.69 Å². The van der Waals surface area contributed by atoms with Gasteiger partial charge in [0.15, 0.2) is 0 Å². The normalized spacial score (nSPS) is 9.85. The minimum atomic E-state index is -0.172. The van der Waals surface area contributed by atoms with Crippen LogP contribution in [0.3, 0.4) is 0 Å². The fourth-order valence-corrected chi connectivity index (χ4v) is 2.99. The second-order valence-corrected chi connectivity index (χ2v) is 6.01. The molecule has 0 radical (unpaired) electrons. The number of hydrogen-bond acceptors (Lipinski definition) is 2. The summed E-state index contributed by atoms with van der Waals surface area (Å²) in [5.74, 6) is -0.172. The Labute approximate surface area is 164 Å². The van der Waals surface area contributed by atoms with Gasteiger partial charge in [0.2, 0.25) is 0 Å². The molecule has 0 aliphatic rings. The molecule has 26 heavy (non-hydrogen) atoms. The Morgan fingerprint density at radius 2 is 1.38 bits per heavy atom. The Morgan fingerprint density at radius 3 is 1.92 bits per heavy atom. The summed E-state index contributed by atoms with van der Waals surface area (Å²) in [6.45, 7) is 4.36. The van der Waals surface area contributed by atoms with Crippen LogP contribution in [0.15, 0.2) is 73.1 Å². The highest BCUT2D eigenvalue weighted by atomic mass is 35.5. The van der Waals surface area contributed by atoms with Crippen LogP contribution in [0.25, 0.3) is 0 Å². The number of rotatable bonds is 4. The monoisotopic (exact) mass is 386 g/mol. The van der Waals surface area contributed by atoms with Crippen LogP contribution in [0.2, 0.25) is 10.0 Å². The van der Waals surface area contributed by atoms with E-state index in [1.165, 1.54) is 12.4 Å². The summed E-state index contributed by atoms with van der Waals surface area (Å²) in [7, 11) is 0. The number of hydrogen-bond donors (Lipinski definition) is 0. The molecule has 1 heterocycles. The van der Waals surface area contributed by atoms with Gasteiger partial charge in [-0.15, -0.1) is 0 Å². The molecule has 0 spiro atoms. The largest absolute Gasteiger partial charge is 0.301 e. The predicted octanol–water partition coefficient (Wildman–Crippen LogP) is 6.26. The van der Waals surface area contributed by atoms with Gasteiger partial charge in [0.25, 0.3) is 5.91 Å². The maximum atomic E-state index is 13.0. The number of benzene rings is 2. The van der Waals surface area contributed by atoms with E-state index in [0.717, 1.165) is 5.56 Å². The number of anilines is 1. The Hall–Kier alpha value is -2.36. The van der Waals surface area contributed by atoms with E-state index in [2.05, 4.69) is 4.98 Å². The first kappa shape index (κ1) is 20.0. The molecule has 0 unspecified atom stereocenters. The number of carbonyl (C=O) groups excluding carboxylic acids is 1. The molecule has 0 N–H and O–H groups in total. The molecule has 1 amide bonds. The van der Waals surface area contributed by atoms with Crippen LogP contribution >= 0.6 is 23.2 Å². The Morgan fingerprint density at radius 1 is 0.885 bits per heavy atom. The summed E-state index contributed by atoms with van der Waals surface area (Å²) in [4.78, 5) is 18.6. The molecule has 0 atom stereocenters. The molecule has 1 aromatic heterocycles. The van der Waals surface area contributed by atoms with E-state index < -0.39 is 0 Å². The minimum absolute atomic E-state index is 0.172. The van der Waals surface area contributed by atoms with Gasteiger partial charge >= 0.3 is 0 Å². The molecule has 5 heteroatoms. The van der Waals surface area contributed by atoms with Gasteiger partial charge in [-0.05, 0) is 17.7 Å². The molecule has 3 nitrogen and oxygen atoms in total. The first-order valence-electron chi connectivity index (χ1n) is 8.36. The van der Waals surface area contributed by atoms with Crippen LogP contribution in [0, 0.1) is 0 Å². The van der Waals surface area contributed by atoms with Crippen molar-refractivity contribution in [3.8, 4) is 0 Å². The smallest absolute Gasteiger partial charge is 0.258 e. The Kier molecular flexibility index (Phi) is 7.64. The van der Waals surface area contributed by atoms with Gasteiger partial charge in [0.1, 0.15) is 0 Å². The number of aromatic nitrogens is 1. The van der Waals surface area contributed by atoms with Gasteiger partial charge in [-0.1, -0.05) is 85.6 Å². The third-order valence-corrected chi connectivity index (χ3v) is 4.10. The molecule has 0 saturated heterocycles. The van der Waals surface area contributed by atoms with E-state index >= 15 is 0 Å². The molecule has 0 aliphatic carbocycles. The fourth-order valence-electron chi connectivity index (χ4n) is 2.42. The zero-order chi connectivity index (χ0) is 18.9. The number of halogens is 2. The summed E-state index contributed by atoms with van der Waals surface area (Å²) in [6, 6.07) is 18.7. The molecule has 0 bridgehead atoms. The molecule has 0 aliphatic heterocycles. The highest BCUT2D eigenvalue weighted by Crippen LogP contribution is 2.34. The van der Waals surface area contributed by atoms with E-state index in [0.29, 0.717) is 27.8 Å². The van der Waals surface area contributed by atoms with Crippen LogP contribution in [-0.2, 0) is 6.54 Å². The number of amides is 1. The van der Waals surface area contributed by atoms with E-state index in [1.54, 1.807) is 17.0 Å². The second-order valence-electron chi connectivity index (χ2n) is 5.19. The van der Waals surface area contributed by atoms with Gasteiger partial charge in [-0.2, -0.15) is 0 Å². The maximum Gasteiger partial charge on any atom is 0.258 e. The molecular formula is C21H20Cl2N2O. The molecule has 134 valence electrons. The first-order valence-corrected chi connectivity index (χ1v) is 9.12. The van der Waals surface area contributed by atoms with Gasteiger partial charge in [0, 0.05) is 18.0 Å². The Balaban J connectivity index is 0.00000117. The second kappa shape index (κ2) is 9.95. The van der Waals surface area contributed by atoms with Gasteiger partial charge in [0.05, 0.1) is 22.3 Å². The third kappa shape index (κ3) is 4.84. The summed E-state index contributed by atoms with van der Waals surface area (Å²) in [6.07, 6.45) is 2.97. The van der Waals surface area contributed by atoms with E-state index in [1.807, 2.05) is 62.4 Å². The number of nitrogens with zero attached hydrogens (tertiary/aromatic N) is 2. The lowest BCUT2D eigenvalue weighted by molar-refractivity contribution is 0.0985. The molecule has 2 aromatic carbocycles. The highest BCUT2D eigenvalue weighted by molar-refractivity contribution is 6.39. The lowest BCUT2D eigenvalue weighted by Gasteiger charge is -2.25. The number of pyridine rings is 1. The van der Waals surface area contributed by atoms with E-state index in [-0.39, 0.29) is 5.91 Å². The molecule has 3 aromatic rings. The van der Waals surface area contributed by atoms with Crippen molar-refractivity contribution in [1.29, 1.82) is 0 Å². The van der Waals surface area contributed by atoms with Crippen molar-refractivity contribution in [3.63, 3.8) is 0 Å². The standard InChI is InChI=1S/C19H14Cl2N2O.C2H6/c20-16-11-22-12-17(21)18(16)23(13-14-7-3-1-4-8-14)19(24)15-9-5-2-6-10-15;1-2/h1-12H,13H2;1-2H3. The first-order chi connectivity index (χ1) is 12.7. The summed E-state index contributed by atoms with van der Waals surface area (Å²) in [5, 5.41) is 0.672. The van der Waals surface area contributed by atoms with Crippen molar-refractivity contribution >= 4 is 34.8 Å². The Bertz CT molecular complexity index is 819. The summed E-state index contributed by atoms with van der Waals surface area (Å²) < 4.78 is 0. The predicted molar refractivity (Wildman–Crippen MR) is 109 cm³/mol. The van der Waals surface area contributed by atoms with Gasteiger partial charge in [-0.3, -0.25) is 9.78 Å². The molecule has 3 rings (SSSR count). The van der Waals surface area contributed by atoms with Crippen molar-refractivity contribution < 1.29 is 4.79 Å². The summed E-state index contributed by atoms with van der Waals surface area (Å²) >= 11 is 12.6. The third-order valence-electron chi connectivity index (χ3n) is 3.55. The zero-order valence-electron chi connectivity index (χ0n) is 14.7. The fraction of sp³-hybridized carbons (Fsp3) is 0.143.